The topological polar surface area (TPSA) is 83.6 Å². The number of nitrogens with zero attached hydrogens (tertiary/aromatic N) is 1. The summed E-state index contributed by atoms with van der Waals surface area (Å²) in [6.45, 7) is 5.68. The fraction of sp³-hybridized carbons (Fsp3) is 0.875. The molecule has 3 N–H and O–H groups in total. The molecule has 0 saturated carbocycles. The van der Waals surface area contributed by atoms with Crippen LogP contribution in [0.4, 0.5) is 0 Å². The first-order valence-electron chi connectivity index (χ1n) is 8.29. The molecule has 0 aliphatic heterocycles. The molecule has 0 saturated heterocycles. The maximum absolute atomic E-state index is 12.2. The van der Waals surface area contributed by atoms with Gasteiger partial charge in [-0.15, -0.1) is 0 Å². The van der Waals surface area contributed by atoms with Crippen molar-refractivity contribution >= 4 is 11.9 Å². The van der Waals surface area contributed by atoms with E-state index in [1.807, 2.05) is 0 Å². The number of carbonyl (C=O) groups excluding carboxylic acids is 1. The zero-order chi connectivity index (χ0) is 16.1. The highest BCUT2D eigenvalue weighted by Crippen LogP contribution is 2.07. The van der Waals surface area contributed by atoms with Crippen LogP contribution in [0.2, 0.25) is 0 Å². The lowest BCUT2D eigenvalue weighted by molar-refractivity contribution is -0.142. The third-order valence-corrected chi connectivity index (χ3v) is 3.59. The minimum absolute atomic E-state index is 0.217. The zero-order valence-corrected chi connectivity index (χ0v) is 13.6. The van der Waals surface area contributed by atoms with E-state index in [-0.39, 0.29) is 12.3 Å². The number of carboxylic acids is 1. The van der Waals surface area contributed by atoms with Crippen molar-refractivity contribution in [3.63, 3.8) is 0 Å². The maximum Gasteiger partial charge on any atom is 0.305 e. The quantitative estimate of drug-likeness (QED) is 0.512. The van der Waals surface area contributed by atoms with Crippen LogP contribution in [-0.4, -0.2) is 41.0 Å². The van der Waals surface area contributed by atoms with Gasteiger partial charge in [0.1, 0.15) is 0 Å². The predicted molar refractivity (Wildman–Crippen MR) is 85.1 cm³/mol. The van der Waals surface area contributed by atoms with Crippen LogP contribution in [0, 0.1) is 0 Å². The first kappa shape index (κ1) is 19.9. The van der Waals surface area contributed by atoms with Crippen molar-refractivity contribution < 1.29 is 14.7 Å². The Morgan fingerprint density at radius 2 is 1.43 bits per heavy atom. The number of nitrogens with two attached hydrogens (primary N) is 1. The number of carboxylic acid groups (broad SMARTS) is 1. The Bertz CT molecular complexity index is 283. The van der Waals surface area contributed by atoms with Gasteiger partial charge in [0.15, 0.2) is 0 Å². The van der Waals surface area contributed by atoms with Crippen LogP contribution >= 0.6 is 0 Å². The average molecular weight is 300 g/mol. The third-order valence-electron chi connectivity index (χ3n) is 3.59. The van der Waals surface area contributed by atoms with Gasteiger partial charge in [0.05, 0.1) is 12.5 Å². The number of amides is 1. The van der Waals surface area contributed by atoms with Gasteiger partial charge in [0.25, 0.3) is 0 Å². The van der Waals surface area contributed by atoms with E-state index in [2.05, 4.69) is 13.8 Å². The Morgan fingerprint density at radius 3 is 1.81 bits per heavy atom. The van der Waals surface area contributed by atoms with E-state index in [1.54, 1.807) is 4.90 Å². The second kappa shape index (κ2) is 12.6. The van der Waals surface area contributed by atoms with Gasteiger partial charge in [0.2, 0.25) is 5.91 Å². The Balaban J connectivity index is 4.32. The fourth-order valence-electron chi connectivity index (χ4n) is 2.30. The van der Waals surface area contributed by atoms with Gasteiger partial charge < -0.3 is 15.7 Å². The lowest BCUT2D eigenvalue weighted by Crippen LogP contribution is -2.45. The Morgan fingerprint density at radius 1 is 0.952 bits per heavy atom. The first-order chi connectivity index (χ1) is 10.0. The molecule has 0 rings (SSSR count). The molecular weight excluding hydrogens is 268 g/mol. The summed E-state index contributed by atoms with van der Waals surface area (Å²) in [5.41, 5.74) is 5.71. The van der Waals surface area contributed by atoms with E-state index < -0.39 is 12.0 Å². The van der Waals surface area contributed by atoms with Crippen LogP contribution in [0.3, 0.4) is 0 Å². The fourth-order valence-corrected chi connectivity index (χ4v) is 2.30. The predicted octanol–water partition coefficient (Wildman–Crippen LogP) is 2.78. The van der Waals surface area contributed by atoms with Crippen molar-refractivity contribution in [2.75, 3.05) is 13.1 Å². The summed E-state index contributed by atoms with van der Waals surface area (Å²) in [6, 6.07) is -0.917. The van der Waals surface area contributed by atoms with Gasteiger partial charge in [-0.3, -0.25) is 9.59 Å². The second-order valence-corrected chi connectivity index (χ2v) is 5.65. The van der Waals surface area contributed by atoms with Crippen LogP contribution in [0.1, 0.15) is 71.6 Å². The summed E-state index contributed by atoms with van der Waals surface area (Å²) in [7, 11) is 0. The van der Waals surface area contributed by atoms with Gasteiger partial charge in [-0.2, -0.15) is 0 Å². The Kier molecular flexibility index (Phi) is 12.0. The normalized spacial score (nSPS) is 12.1. The number of carbonyl (C=O) groups is 2. The highest BCUT2D eigenvalue weighted by atomic mass is 16.4. The van der Waals surface area contributed by atoms with Gasteiger partial charge >= 0.3 is 5.97 Å². The molecule has 0 bridgehead atoms. The van der Waals surface area contributed by atoms with E-state index >= 15 is 0 Å². The second-order valence-electron chi connectivity index (χ2n) is 5.65. The minimum atomic E-state index is -1.02. The molecule has 0 aromatic carbocycles. The van der Waals surface area contributed by atoms with Crippen LogP contribution in [0.15, 0.2) is 0 Å². The van der Waals surface area contributed by atoms with Gasteiger partial charge in [-0.1, -0.05) is 52.4 Å². The molecule has 0 aliphatic carbocycles. The zero-order valence-electron chi connectivity index (χ0n) is 13.6. The standard InChI is InChI=1S/C16H32N2O3/c1-3-5-7-9-11-18(12-10-8-6-4-2)16(21)14(17)13-15(19)20/h14H,3-13,17H2,1-2H3,(H,19,20). The van der Waals surface area contributed by atoms with Crippen LogP contribution in [0.5, 0.6) is 0 Å². The molecule has 0 aromatic heterocycles. The molecule has 0 heterocycles. The summed E-state index contributed by atoms with van der Waals surface area (Å²) in [5.74, 6) is -1.24. The van der Waals surface area contributed by atoms with Gasteiger partial charge in [-0.25, -0.2) is 0 Å². The largest absolute Gasteiger partial charge is 0.481 e. The van der Waals surface area contributed by atoms with Crippen LogP contribution < -0.4 is 5.73 Å². The highest BCUT2D eigenvalue weighted by molar-refractivity contribution is 5.85. The lowest BCUT2D eigenvalue weighted by atomic mass is 10.1. The number of unbranched alkanes of at least 4 members (excludes halogenated alkanes) is 6. The van der Waals surface area contributed by atoms with Crippen molar-refractivity contribution in [1.29, 1.82) is 0 Å². The molecular formula is C16H32N2O3. The molecule has 124 valence electrons. The maximum atomic E-state index is 12.2. The van der Waals surface area contributed by atoms with Crippen molar-refractivity contribution in [2.45, 2.75) is 77.7 Å². The van der Waals surface area contributed by atoms with Crippen LogP contribution in [0.25, 0.3) is 0 Å². The van der Waals surface area contributed by atoms with Gasteiger partial charge in [-0.05, 0) is 12.8 Å². The molecule has 1 atom stereocenters. The average Bonchev–Trinajstić information content (AvgIpc) is 2.44. The van der Waals surface area contributed by atoms with Crippen molar-refractivity contribution in [3.05, 3.63) is 0 Å². The highest BCUT2D eigenvalue weighted by Gasteiger charge is 2.22. The molecule has 0 fully saturated rings. The number of rotatable bonds is 13. The third kappa shape index (κ3) is 10.3. The molecule has 1 unspecified atom stereocenters. The Hall–Kier alpha value is -1.10. The number of aliphatic carboxylic acids is 1. The Labute approximate surface area is 128 Å². The van der Waals surface area contributed by atoms with E-state index in [9.17, 15) is 9.59 Å². The SMILES string of the molecule is CCCCCCN(CCCCCC)C(=O)C(N)CC(=O)O. The van der Waals surface area contributed by atoms with E-state index in [4.69, 9.17) is 10.8 Å². The minimum Gasteiger partial charge on any atom is -0.481 e. The molecule has 0 spiro atoms. The summed E-state index contributed by atoms with van der Waals surface area (Å²) in [4.78, 5) is 24.7. The molecule has 5 nitrogen and oxygen atoms in total. The van der Waals surface area contributed by atoms with E-state index in [0.717, 1.165) is 38.5 Å². The molecule has 1 amide bonds. The molecule has 0 radical (unpaired) electrons. The summed E-state index contributed by atoms with van der Waals surface area (Å²) < 4.78 is 0. The monoisotopic (exact) mass is 300 g/mol. The number of hydrogen-bond donors (Lipinski definition) is 2. The van der Waals surface area contributed by atoms with E-state index in [1.165, 1.54) is 12.8 Å². The smallest absolute Gasteiger partial charge is 0.305 e. The molecule has 5 heteroatoms. The summed E-state index contributed by atoms with van der Waals surface area (Å²) in [6.07, 6.45) is 8.48. The summed E-state index contributed by atoms with van der Waals surface area (Å²) >= 11 is 0. The van der Waals surface area contributed by atoms with Gasteiger partial charge in [0, 0.05) is 13.1 Å². The number of hydrogen-bond acceptors (Lipinski definition) is 3. The molecule has 0 aliphatic rings. The molecule has 0 aromatic rings. The van der Waals surface area contributed by atoms with Crippen molar-refractivity contribution in [1.82, 2.24) is 4.90 Å². The van der Waals surface area contributed by atoms with Crippen LogP contribution in [-0.2, 0) is 9.59 Å². The lowest BCUT2D eigenvalue weighted by Gasteiger charge is -2.25. The molecule has 21 heavy (non-hydrogen) atoms. The summed E-state index contributed by atoms with van der Waals surface area (Å²) in [5, 5.41) is 8.76. The first-order valence-corrected chi connectivity index (χ1v) is 8.29. The van der Waals surface area contributed by atoms with Crippen molar-refractivity contribution in [2.24, 2.45) is 5.73 Å². The van der Waals surface area contributed by atoms with Crippen molar-refractivity contribution in [3.8, 4) is 0 Å². The van der Waals surface area contributed by atoms with E-state index in [0.29, 0.717) is 13.1 Å².